The third kappa shape index (κ3) is 2.25. The summed E-state index contributed by atoms with van der Waals surface area (Å²) in [5.74, 6) is 0. The van der Waals surface area contributed by atoms with Gasteiger partial charge < -0.3 is 10.2 Å². The predicted molar refractivity (Wildman–Crippen MR) is 38.7 cm³/mol. The van der Waals surface area contributed by atoms with Gasteiger partial charge in [-0.25, -0.2) is 0 Å². The van der Waals surface area contributed by atoms with Crippen molar-refractivity contribution in [2.45, 2.75) is 25.6 Å². The summed E-state index contributed by atoms with van der Waals surface area (Å²) in [5, 5.41) is 18.2. The lowest BCUT2D eigenvalue weighted by Crippen LogP contribution is -2.55. The lowest BCUT2D eigenvalue weighted by Gasteiger charge is -2.39. The van der Waals surface area contributed by atoms with E-state index in [1.54, 1.807) is 13.8 Å². The summed E-state index contributed by atoms with van der Waals surface area (Å²) < 4.78 is 0. The van der Waals surface area contributed by atoms with Gasteiger partial charge in [0.15, 0.2) is 0 Å². The Kier molecular flexibility index (Phi) is 1.99. The smallest absolute Gasteiger partial charge is 0.0793 e. The van der Waals surface area contributed by atoms with Gasteiger partial charge in [0.25, 0.3) is 0 Å². The van der Waals surface area contributed by atoms with Gasteiger partial charge in [0.2, 0.25) is 0 Å². The third-order valence-corrected chi connectivity index (χ3v) is 1.55. The fourth-order valence-electron chi connectivity index (χ4n) is 1.22. The Balaban J connectivity index is 2.16. The lowest BCUT2D eigenvalue weighted by molar-refractivity contribution is -0.0462. The van der Waals surface area contributed by atoms with Gasteiger partial charge in [-0.05, 0) is 13.8 Å². The molecule has 3 nitrogen and oxygen atoms in total. The summed E-state index contributed by atoms with van der Waals surface area (Å²) in [7, 11) is 0. The van der Waals surface area contributed by atoms with Gasteiger partial charge in [0.05, 0.1) is 11.7 Å². The molecule has 1 fully saturated rings. The van der Waals surface area contributed by atoms with Crippen LogP contribution in [-0.4, -0.2) is 46.5 Å². The zero-order chi connectivity index (χ0) is 7.78. The fourth-order valence-corrected chi connectivity index (χ4v) is 1.22. The maximum absolute atomic E-state index is 9.32. The minimum atomic E-state index is -0.625. The molecule has 60 valence electrons. The van der Waals surface area contributed by atoms with Gasteiger partial charge in [-0.1, -0.05) is 0 Å². The highest BCUT2D eigenvalue weighted by molar-refractivity contribution is 4.83. The molecule has 1 rings (SSSR count). The van der Waals surface area contributed by atoms with Crippen LogP contribution >= 0.6 is 0 Å². The molecule has 0 aromatic carbocycles. The third-order valence-electron chi connectivity index (χ3n) is 1.55. The molecule has 0 bridgehead atoms. The molecule has 0 aromatic heterocycles. The standard InChI is InChI=1S/C7H15NO2/c1-7(2,10)5-8-3-6(9)4-8/h6,9-10H,3-5H2,1-2H3. The van der Waals surface area contributed by atoms with Crippen molar-refractivity contribution in [3.63, 3.8) is 0 Å². The molecule has 0 atom stereocenters. The van der Waals surface area contributed by atoms with Crippen molar-refractivity contribution in [3.8, 4) is 0 Å². The van der Waals surface area contributed by atoms with Crippen LogP contribution in [0.5, 0.6) is 0 Å². The van der Waals surface area contributed by atoms with E-state index in [2.05, 4.69) is 0 Å². The summed E-state index contributed by atoms with van der Waals surface area (Å²) in [6, 6.07) is 0. The summed E-state index contributed by atoms with van der Waals surface area (Å²) in [6.07, 6.45) is -0.164. The van der Waals surface area contributed by atoms with Gasteiger partial charge >= 0.3 is 0 Å². The van der Waals surface area contributed by atoms with Crippen molar-refractivity contribution in [2.24, 2.45) is 0 Å². The van der Waals surface area contributed by atoms with Crippen molar-refractivity contribution >= 4 is 0 Å². The van der Waals surface area contributed by atoms with E-state index in [9.17, 15) is 5.11 Å². The van der Waals surface area contributed by atoms with E-state index < -0.39 is 5.60 Å². The van der Waals surface area contributed by atoms with Crippen LogP contribution in [0.15, 0.2) is 0 Å². The molecule has 3 heteroatoms. The van der Waals surface area contributed by atoms with E-state index in [0.29, 0.717) is 19.6 Å². The average Bonchev–Trinajstić information content (AvgIpc) is 1.57. The molecule has 1 saturated heterocycles. The Hall–Kier alpha value is -0.120. The average molecular weight is 145 g/mol. The molecular formula is C7H15NO2. The van der Waals surface area contributed by atoms with Crippen molar-refractivity contribution < 1.29 is 10.2 Å². The number of β-amino-alcohol motifs (C(OH)–C–C–N with tert-alkyl or cyclic N) is 2. The van der Waals surface area contributed by atoms with E-state index in [4.69, 9.17) is 5.11 Å². The maximum atomic E-state index is 9.32. The molecule has 0 aromatic rings. The number of aliphatic hydroxyl groups excluding tert-OH is 1. The Morgan fingerprint density at radius 1 is 1.50 bits per heavy atom. The van der Waals surface area contributed by atoms with Crippen LogP contribution in [0, 0.1) is 0 Å². The van der Waals surface area contributed by atoms with E-state index in [1.807, 2.05) is 4.90 Å². The molecule has 1 heterocycles. The molecule has 0 aliphatic carbocycles. The van der Waals surface area contributed by atoms with Crippen molar-refractivity contribution in [2.75, 3.05) is 19.6 Å². The zero-order valence-corrected chi connectivity index (χ0v) is 6.54. The quantitative estimate of drug-likeness (QED) is 0.547. The first-order valence-corrected chi connectivity index (χ1v) is 3.60. The first-order chi connectivity index (χ1) is 4.47. The van der Waals surface area contributed by atoms with Crippen molar-refractivity contribution in [1.29, 1.82) is 0 Å². The second kappa shape index (κ2) is 2.49. The number of hydrogen-bond donors (Lipinski definition) is 2. The Bertz CT molecular complexity index is 113. The Morgan fingerprint density at radius 3 is 2.30 bits per heavy atom. The van der Waals surface area contributed by atoms with Crippen molar-refractivity contribution in [3.05, 3.63) is 0 Å². The van der Waals surface area contributed by atoms with Crippen LogP contribution in [-0.2, 0) is 0 Å². The molecule has 0 saturated carbocycles. The second-order valence-corrected chi connectivity index (χ2v) is 3.66. The lowest BCUT2D eigenvalue weighted by atomic mass is 10.1. The van der Waals surface area contributed by atoms with Crippen LogP contribution in [0.4, 0.5) is 0 Å². The van der Waals surface area contributed by atoms with Gasteiger partial charge in [0, 0.05) is 19.6 Å². The van der Waals surface area contributed by atoms with Gasteiger partial charge in [-0.3, -0.25) is 4.90 Å². The SMILES string of the molecule is CC(C)(O)CN1CC(O)C1. The van der Waals surface area contributed by atoms with Crippen LogP contribution in [0.2, 0.25) is 0 Å². The van der Waals surface area contributed by atoms with E-state index in [-0.39, 0.29) is 6.10 Å². The highest BCUT2D eigenvalue weighted by Crippen LogP contribution is 2.12. The molecule has 0 unspecified atom stereocenters. The normalized spacial score (nSPS) is 22.8. The van der Waals surface area contributed by atoms with Gasteiger partial charge in [-0.15, -0.1) is 0 Å². The summed E-state index contributed by atoms with van der Waals surface area (Å²) in [4.78, 5) is 2.03. The van der Waals surface area contributed by atoms with Gasteiger partial charge in [0.1, 0.15) is 0 Å². The fraction of sp³-hybridized carbons (Fsp3) is 1.00. The molecular weight excluding hydrogens is 130 g/mol. The first kappa shape index (κ1) is 7.98. The first-order valence-electron chi connectivity index (χ1n) is 3.60. The topological polar surface area (TPSA) is 43.7 Å². The molecule has 0 radical (unpaired) electrons. The number of likely N-dealkylation sites (tertiary alicyclic amines) is 1. The monoisotopic (exact) mass is 145 g/mol. The van der Waals surface area contributed by atoms with E-state index >= 15 is 0 Å². The molecule has 2 N–H and O–H groups in total. The second-order valence-electron chi connectivity index (χ2n) is 3.66. The number of nitrogens with zero attached hydrogens (tertiary/aromatic N) is 1. The number of hydrogen-bond acceptors (Lipinski definition) is 3. The molecule has 10 heavy (non-hydrogen) atoms. The predicted octanol–water partition coefficient (Wildman–Crippen LogP) is -0.566. The van der Waals surface area contributed by atoms with Crippen LogP contribution in [0.25, 0.3) is 0 Å². The molecule has 0 amide bonds. The highest BCUT2D eigenvalue weighted by Gasteiger charge is 2.28. The Morgan fingerprint density at radius 2 is 2.00 bits per heavy atom. The van der Waals surface area contributed by atoms with E-state index in [0.717, 1.165) is 0 Å². The Labute approximate surface area is 61.3 Å². The minimum absolute atomic E-state index is 0.164. The molecule has 1 aliphatic rings. The minimum Gasteiger partial charge on any atom is -0.390 e. The van der Waals surface area contributed by atoms with Crippen molar-refractivity contribution in [1.82, 2.24) is 4.90 Å². The molecule has 1 aliphatic heterocycles. The number of rotatable bonds is 2. The van der Waals surface area contributed by atoms with Crippen LogP contribution in [0.1, 0.15) is 13.8 Å². The number of aliphatic hydroxyl groups is 2. The largest absolute Gasteiger partial charge is 0.390 e. The van der Waals surface area contributed by atoms with Crippen LogP contribution < -0.4 is 0 Å². The summed E-state index contributed by atoms with van der Waals surface area (Å²) in [6.45, 7) is 5.63. The van der Waals surface area contributed by atoms with Gasteiger partial charge in [-0.2, -0.15) is 0 Å². The maximum Gasteiger partial charge on any atom is 0.0793 e. The zero-order valence-electron chi connectivity index (χ0n) is 6.54. The van der Waals surface area contributed by atoms with Crippen LogP contribution in [0.3, 0.4) is 0 Å². The highest BCUT2D eigenvalue weighted by atomic mass is 16.3. The summed E-state index contributed by atoms with van der Waals surface area (Å²) >= 11 is 0. The summed E-state index contributed by atoms with van der Waals surface area (Å²) in [5.41, 5.74) is -0.625. The molecule has 0 spiro atoms. The van der Waals surface area contributed by atoms with E-state index in [1.165, 1.54) is 0 Å².